The minimum atomic E-state index is -0.924. The summed E-state index contributed by atoms with van der Waals surface area (Å²) in [5.41, 5.74) is 5.93. The molecule has 0 aliphatic heterocycles. The van der Waals surface area contributed by atoms with Crippen molar-refractivity contribution in [3.05, 3.63) is 33.9 Å². The number of hydrogen-bond acceptors (Lipinski definition) is 6. The van der Waals surface area contributed by atoms with Crippen molar-refractivity contribution < 1.29 is 19.2 Å². The standard InChI is InChI=1S/C12H16N2O5/c1-3-18-12(15)8(2)19-11-6-9(7-13)4-5-10(11)14(16)17/h4-6,8H,3,7,13H2,1-2H3. The fourth-order valence-corrected chi connectivity index (χ4v) is 1.43. The first kappa shape index (κ1) is 14.9. The van der Waals surface area contributed by atoms with Gasteiger partial charge in [-0.3, -0.25) is 10.1 Å². The number of nitrogens with two attached hydrogens (primary N) is 1. The fourth-order valence-electron chi connectivity index (χ4n) is 1.43. The fraction of sp³-hybridized carbons (Fsp3) is 0.417. The van der Waals surface area contributed by atoms with Gasteiger partial charge in [-0.15, -0.1) is 0 Å². The Balaban J connectivity index is 2.97. The van der Waals surface area contributed by atoms with Crippen LogP contribution in [-0.4, -0.2) is 23.6 Å². The molecule has 2 N–H and O–H groups in total. The second-order valence-corrected chi connectivity index (χ2v) is 3.78. The van der Waals surface area contributed by atoms with Gasteiger partial charge < -0.3 is 15.2 Å². The Morgan fingerprint density at radius 1 is 1.53 bits per heavy atom. The highest BCUT2D eigenvalue weighted by Crippen LogP contribution is 2.28. The van der Waals surface area contributed by atoms with E-state index in [2.05, 4.69) is 0 Å². The molecule has 1 aromatic rings. The van der Waals surface area contributed by atoms with Crippen LogP contribution in [0.4, 0.5) is 5.69 Å². The molecule has 7 nitrogen and oxygen atoms in total. The van der Waals surface area contributed by atoms with Gasteiger partial charge in [-0.2, -0.15) is 0 Å². The Bertz CT molecular complexity index is 475. The number of carbonyl (C=O) groups excluding carboxylic acids is 1. The van der Waals surface area contributed by atoms with Gasteiger partial charge in [0.15, 0.2) is 11.9 Å². The lowest BCUT2D eigenvalue weighted by Crippen LogP contribution is -2.26. The molecule has 0 aromatic heterocycles. The average Bonchev–Trinajstić information content (AvgIpc) is 2.38. The molecule has 19 heavy (non-hydrogen) atoms. The summed E-state index contributed by atoms with van der Waals surface area (Å²) < 4.78 is 10.1. The second-order valence-electron chi connectivity index (χ2n) is 3.78. The maximum Gasteiger partial charge on any atom is 0.347 e. The Hall–Kier alpha value is -2.15. The number of esters is 1. The molecule has 1 aromatic carbocycles. The topological polar surface area (TPSA) is 105 Å². The Morgan fingerprint density at radius 2 is 2.21 bits per heavy atom. The van der Waals surface area contributed by atoms with E-state index in [4.69, 9.17) is 15.2 Å². The minimum Gasteiger partial charge on any atom is -0.472 e. The van der Waals surface area contributed by atoms with Crippen LogP contribution in [0.5, 0.6) is 5.75 Å². The van der Waals surface area contributed by atoms with E-state index >= 15 is 0 Å². The van der Waals surface area contributed by atoms with Crippen LogP contribution in [0, 0.1) is 10.1 Å². The summed E-state index contributed by atoms with van der Waals surface area (Å²) in [5, 5.41) is 10.9. The van der Waals surface area contributed by atoms with Crippen LogP contribution in [0.2, 0.25) is 0 Å². The molecule has 0 spiro atoms. The normalized spacial score (nSPS) is 11.7. The molecule has 0 aliphatic carbocycles. The number of hydrogen-bond donors (Lipinski definition) is 1. The minimum absolute atomic E-state index is 0.00787. The Morgan fingerprint density at radius 3 is 2.74 bits per heavy atom. The molecule has 0 saturated carbocycles. The van der Waals surface area contributed by atoms with E-state index in [9.17, 15) is 14.9 Å². The zero-order valence-corrected chi connectivity index (χ0v) is 10.8. The van der Waals surface area contributed by atoms with E-state index in [-0.39, 0.29) is 24.6 Å². The predicted molar refractivity (Wildman–Crippen MR) is 67.7 cm³/mol. The highest BCUT2D eigenvalue weighted by Gasteiger charge is 2.22. The van der Waals surface area contributed by atoms with Gasteiger partial charge in [0, 0.05) is 12.6 Å². The van der Waals surface area contributed by atoms with Crippen molar-refractivity contribution in [3.63, 3.8) is 0 Å². The smallest absolute Gasteiger partial charge is 0.347 e. The first-order chi connectivity index (χ1) is 8.99. The van der Waals surface area contributed by atoms with E-state index in [1.807, 2.05) is 0 Å². The van der Waals surface area contributed by atoms with Gasteiger partial charge in [-0.05, 0) is 25.5 Å². The van der Waals surface area contributed by atoms with E-state index in [0.717, 1.165) is 0 Å². The molecule has 0 aliphatic rings. The zero-order chi connectivity index (χ0) is 14.4. The molecular formula is C12H16N2O5. The number of nitro benzene ring substituents is 1. The van der Waals surface area contributed by atoms with Gasteiger partial charge in [0.05, 0.1) is 11.5 Å². The van der Waals surface area contributed by atoms with Gasteiger partial charge >= 0.3 is 11.7 Å². The van der Waals surface area contributed by atoms with Crippen molar-refractivity contribution >= 4 is 11.7 Å². The molecule has 0 bridgehead atoms. The maximum atomic E-state index is 11.4. The number of rotatable bonds is 6. The van der Waals surface area contributed by atoms with Crippen LogP contribution in [0.25, 0.3) is 0 Å². The zero-order valence-electron chi connectivity index (χ0n) is 10.8. The molecule has 0 fully saturated rings. The van der Waals surface area contributed by atoms with Crippen molar-refractivity contribution in [2.24, 2.45) is 5.73 Å². The summed E-state index contributed by atoms with van der Waals surface area (Å²) in [6, 6.07) is 4.29. The van der Waals surface area contributed by atoms with Crippen molar-refractivity contribution in [2.45, 2.75) is 26.5 Å². The molecule has 0 saturated heterocycles. The Labute approximate surface area is 110 Å². The molecule has 7 heteroatoms. The molecule has 104 valence electrons. The summed E-state index contributed by atoms with van der Waals surface area (Å²) in [5.74, 6) is -0.566. The van der Waals surface area contributed by atoms with Crippen molar-refractivity contribution in [1.82, 2.24) is 0 Å². The Kier molecular flexibility index (Phi) is 5.25. The molecule has 0 radical (unpaired) electrons. The van der Waals surface area contributed by atoms with Crippen LogP contribution in [0.1, 0.15) is 19.4 Å². The summed E-state index contributed by atoms with van der Waals surface area (Å²) in [4.78, 5) is 21.7. The number of benzene rings is 1. The molecule has 1 atom stereocenters. The van der Waals surface area contributed by atoms with Crippen molar-refractivity contribution in [2.75, 3.05) is 6.61 Å². The van der Waals surface area contributed by atoms with Crippen LogP contribution in [0.15, 0.2) is 18.2 Å². The quantitative estimate of drug-likeness (QED) is 0.474. The molecule has 0 amide bonds. The highest BCUT2D eigenvalue weighted by molar-refractivity contribution is 5.74. The molecule has 0 heterocycles. The maximum absolute atomic E-state index is 11.4. The summed E-state index contributed by atoms with van der Waals surface area (Å²) in [6.45, 7) is 3.58. The first-order valence-corrected chi connectivity index (χ1v) is 5.80. The predicted octanol–water partition coefficient (Wildman–Crippen LogP) is 1.38. The van der Waals surface area contributed by atoms with Gasteiger partial charge in [0.2, 0.25) is 0 Å². The van der Waals surface area contributed by atoms with E-state index in [1.54, 1.807) is 13.0 Å². The van der Waals surface area contributed by atoms with Gasteiger partial charge in [-0.1, -0.05) is 6.07 Å². The lowest BCUT2D eigenvalue weighted by Gasteiger charge is -2.14. The largest absolute Gasteiger partial charge is 0.472 e. The third-order valence-electron chi connectivity index (χ3n) is 2.38. The van der Waals surface area contributed by atoms with E-state index in [1.165, 1.54) is 19.1 Å². The van der Waals surface area contributed by atoms with Crippen molar-refractivity contribution in [1.29, 1.82) is 0 Å². The molecular weight excluding hydrogens is 252 g/mol. The SMILES string of the molecule is CCOC(=O)C(C)Oc1cc(CN)ccc1[N+](=O)[O-]. The van der Waals surface area contributed by atoms with Crippen LogP contribution in [0.3, 0.4) is 0 Å². The van der Waals surface area contributed by atoms with E-state index in [0.29, 0.717) is 5.56 Å². The monoisotopic (exact) mass is 268 g/mol. The number of carbonyl (C=O) groups is 1. The summed E-state index contributed by atoms with van der Waals surface area (Å²) >= 11 is 0. The molecule has 1 rings (SSSR count). The van der Waals surface area contributed by atoms with Crippen LogP contribution >= 0.6 is 0 Å². The molecule has 1 unspecified atom stereocenters. The average molecular weight is 268 g/mol. The van der Waals surface area contributed by atoms with Gasteiger partial charge in [0.1, 0.15) is 0 Å². The summed E-state index contributed by atoms with van der Waals surface area (Å²) in [7, 11) is 0. The first-order valence-electron chi connectivity index (χ1n) is 5.80. The third-order valence-corrected chi connectivity index (χ3v) is 2.38. The number of ether oxygens (including phenoxy) is 2. The second kappa shape index (κ2) is 6.69. The van der Waals surface area contributed by atoms with Crippen LogP contribution < -0.4 is 10.5 Å². The summed E-state index contributed by atoms with van der Waals surface area (Å²) in [6.07, 6.45) is -0.924. The lowest BCUT2D eigenvalue weighted by atomic mass is 10.2. The van der Waals surface area contributed by atoms with Crippen LogP contribution in [-0.2, 0) is 16.1 Å². The van der Waals surface area contributed by atoms with Crippen molar-refractivity contribution in [3.8, 4) is 5.75 Å². The highest BCUT2D eigenvalue weighted by atomic mass is 16.6. The number of nitro groups is 1. The lowest BCUT2D eigenvalue weighted by molar-refractivity contribution is -0.386. The van der Waals surface area contributed by atoms with Gasteiger partial charge in [0.25, 0.3) is 0 Å². The van der Waals surface area contributed by atoms with Gasteiger partial charge in [-0.25, -0.2) is 4.79 Å². The van der Waals surface area contributed by atoms with E-state index < -0.39 is 17.0 Å². The third kappa shape index (κ3) is 3.92. The number of nitrogens with zero attached hydrogens (tertiary/aromatic N) is 1.